The Hall–Kier alpha value is -3.15. The summed E-state index contributed by atoms with van der Waals surface area (Å²) in [5.74, 6) is -0.645. The Bertz CT molecular complexity index is 768. The van der Waals surface area contributed by atoms with E-state index in [9.17, 15) is 14.4 Å². The first-order valence-electron chi connectivity index (χ1n) is 7.68. The second-order valence-electron chi connectivity index (χ2n) is 5.50. The van der Waals surface area contributed by atoms with Crippen molar-refractivity contribution in [3.8, 4) is 5.75 Å². The number of carbonyl (C=O) groups excluding carboxylic acids is 3. The summed E-state index contributed by atoms with van der Waals surface area (Å²) in [7, 11) is 0. The molecular weight excluding hydrogens is 322 g/mol. The number of aldehydes is 1. The maximum absolute atomic E-state index is 11.8. The monoisotopic (exact) mass is 341 g/mol. The van der Waals surface area contributed by atoms with E-state index in [4.69, 9.17) is 9.47 Å². The van der Waals surface area contributed by atoms with Gasteiger partial charge < -0.3 is 14.8 Å². The molecule has 0 atom stereocenters. The molecule has 6 heteroatoms. The molecule has 0 radical (unpaired) electrons. The molecule has 0 aliphatic rings. The zero-order chi connectivity index (χ0) is 18.2. The van der Waals surface area contributed by atoms with Crippen LogP contribution in [0.25, 0.3) is 0 Å². The fourth-order valence-electron chi connectivity index (χ4n) is 2.11. The first-order valence-corrected chi connectivity index (χ1v) is 7.68. The lowest BCUT2D eigenvalue weighted by molar-refractivity contribution is -0.149. The van der Waals surface area contributed by atoms with Crippen LogP contribution in [-0.2, 0) is 14.3 Å². The minimum absolute atomic E-state index is 0.322. The predicted octanol–water partition coefficient (Wildman–Crippen LogP) is 2.68. The van der Waals surface area contributed by atoms with Crippen molar-refractivity contribution in [1.29, 1.82) is 0 Å². The molecule has 6 nitrogen and oxygen atoms in total. The molecule has 0 saturated heterocycles. The van der Waals surface area contributed by atoms with Gasteiger partial charge in [-0.25, -0.2) is 4.79 Å². The van der Waals surface area contributed by atoms with Crippen LogP contribution in [0.1, 0.15) is 21.5 Å². The summed E-state index contributed by atoms with van der Waals surface area (Å²) in [5.41, 5.74) is 3.22. The molecule has 1 N–H and O–H groups in total. The molecule has 0 heterocycles. The Kier molecular flexibility index (Phi) is 6.28. The van der Waals surface area contributed by atoms with Gasteiger partial charge in [0, 0.05) is 11.3 Å². The summed E-state index contributed by atoms with van der Waals surface area (Å²) < 4.78 is 10.1. The highest BCUT2D eigenvalue weighted by Crippen LogP contribution is 2.15. The van der Waals surface area contributed by atoms with Gasteiger partial charge in [-0.05, 0) is 49.7 Å². The first-order chi connectivity index (χ1) is 12.0. The van der Waals surface area contributed by atoms with Gasteiger partial charge in [0.15, 0.2) is 13.2 Å². The van der Waals surface area contributed by atoms with Gasteiger partial charge in [0.25, 0.3) is 5.91 Å². The Morgan fingerprint density at radius 2 is 1.76 bits per heavy atom. The van der Waals surface area contributed by atoms with Gasteiger partial charge in [0.05, 0.1) is 0 Å². The third kappa shape index (κ3) is 5.76. The number of benzene rings is 2. The molecule has 0 aromatic heterocycles. The Morgan fingerprint density at radius 3 is 2.40 bits per heavy atom. The van der Waals surface area contributed by atoms with Crippen LogP contribution < -0.4 is 10.1 Å². The summed E-state index contributed by atoms with van der Waals surface area (Å²) in [6, 6.07) is 11.9. The van der Waals surface area contributed by atoms with E-state index in [1.165, 1.54) is 0 Å². The zero-order valence-electron chi connectivity index (χ0n) is 14.1. The predicted molar refractivity (Wildman–Crippen MR) is 92.8 cm³/mol. The molecule has 1 amide bonds. The van der Waals surface area contributed by atoms with Gasteiger partial charge in [-0.1, -0.05) is 17.7 Å². The molecule has 0 bridgehead atoms. The smallest absolute Gasteiger partial charge is 0.344 e. The van der Waals surface area contributed by atoms with E-state index in [0.717, 1.165) is 11.1 Å². The quantitative estimate of drug-likeness (QED) is 0.618. The van der Waals surface area contributed by atoms with Crippen LogP contribution in [0, 0.1) is 13.8 Å². The van der Waals surface area contributed by atoms with E-state index in [0.29, 0.717) is 23.3 Å². The highest BCUT2D eigenvalue weighted by atomic mass is 16.6. The van der Waals surface area contributed by atoms with Crippen molar-refractivity contribution in [2.24, 2.45) is 0 Å². The van der Waals surface area contributed by atoms with Crippen LogP contribution in [0.5, 0.6) is 5.75 Å². The lowest BCUT2D eigenvalue weighted by Crippen LogP contribution is -2.24. The number of carbonyl (C=O) groups is 3. The molecule has 0 saturated carbocycles. The Labute approximate surface area is 145 Å². The summed E-state index contributed by atoms with van der Waals surface area (Å²) >= 11 is 0. The number of hydrogen-bond acceptors (Lipinski definition) is 5. The minimum Gasteiger partial charge on any atom is -0.482 e. The first kappa shape index (κ1) is 18.2. The van der Waals surface area contributed by atoms with E-state index >= 15 is 0 Å². The van der Waals surface area contributed by atoms with Crippen molar-refractivity contribution in [3.05, 3.63) is 59.2 Å². The van der Waals surface area contributed by atoms with Crippen molar-refractivity contribution in [3.63, 3.8) is 0 Å². The molecule has 2 aromatic carbocycles. The summed E-state index contributed by atoms with van der Waals surface area (Å²) in [4.78, 5) is 34.0. The molecule has 25 heavy (non-hydrogen) atoms. The van der Waals surface area contributed by atoms with Crippen molar-refractivity contribution < 1.29 is 23.9 Å². The number of amides is 1. The second kappa shape index (κ2) is 8.63. The number of aryl methyl sites for hydroxylation is 2. The van der Waals surface area contributed by atoms with Crippen LogP contribution in [0.3, 0.4) is 0 Å². The van der Waals surface area contributed by atoms with Gasteiger partial charge in [-0.15, -0.1) is 0 Å². The summed E-state index contributed by atoms with van der Waals surface area (Å²) in [6.07, 6.45) is 0.715. The molecule has 0 aliphatic carbocycles. The van der Waals surface area contributed by atoms with Crippen LogP contribution in [0.4, 0.5) is 5.69 Å². The SMILES string of the molecule is Cc1ccc(NC(=O)COC(=O)COc2ccc(C=O)cc2)c(C)c1. The van der Waals surface area contributed by atoms with Crippen LogP contribution in [-0.4, -0.2) is 31.4 Å². The van der Waals surface area contributed by atoms with Gasteiger partial charge in [-0.3, -0.25) is 9.59 Å². The van der Waals surface area contributed by atoms with Crippen molar-refractivity contribution in [2.75, 3.05) is 18.5 Å². The number of nitrogens with one attached hydrogen (secondary N) is 1. The summed E-state index contributed by atoms with van der Waals surface area (Å²) in [6.45, 7) is 3.14. The average molecular weight is 341 g/mol. The second-order valence-corrected chi connectivity index (χ2v) is 5.50. The fraction of sp³-hybridized carbons (Fsp3) is 0.211. The molecule has 0 aliphatic heterocycles. The van der Waals surface area contributed by atoms with Gasteiger partial charge >= 0.3 is 5.97 Å². The fourth-order valence-corrected chi connectivity index (χ4v) is 2.11. The maximum atomic E-state index is 11.8. The standard InChI is InChI=1S/C19H19NO5/c1-13-3-8-17(14(2)9-13)20-18(22)11-25-19(23)12-24-16-6-4-15(10-21)5-7-16/h3-10H,11-12H2,1-2H3,(H,20,22). The van der Waals surface area contributed by atoms with Crippen molar-refractivity contribution in [2.45, 2.75) is 13.8 Å². The average Bonchev–Trinajstić information content (AvgIpc) is 2.61. The molecule has 0 unspecified atom stereocenters. The molecule has 2 rings (SSSR count). The van der Waals surface area contributed by atoms with Gasteiger partial charge in [-0.2, -0.15) is 0 Å². The topological polar surface area (TPSA) is 81.7 Å². The van der Waals surface area contributed by atoms with E-state index in [2.05, 4.69) is 5.32 Å². The van der Waals surface area contributed by atoms with Crippen molar-refractivity contribution >= 4 is 23.9 Å². The minimum atomic E-state index is -0.657. The van der Waals surface area contributed by atoms with E-state index < -0.39 is 11.9 Å². The molecular formula is C19H19NO5. The lowest BCUT2D eigenvalue weighted by atomic mass is 10.1. The number of anilines is 1. The van der Waals surface area contributed by atoms with E-state index in [1.54, 1.807) is 30.3 Å². The number of rotatable bonds is 7. The van der Waals surface area contributed by atoms with Gasteiger partial charge in [0.2, 0.25) is 0 Å². The van der Waals surface area contributed by atoms with Gasteiger partial charge in [0.1, 0.15) is 12.0 Å². The van der Waals surface area contributed by atoms with Crippen LogP contribution in [0.15, 0.2) is 42.5 Å². The highest BCUT2D eigenvalue weighted by Gasteiger charge is 2.10. The largest absolute Gasteiger partial charge is 0.482 e. The van der Waals surface area contributed by atoms with Crippen LogP contribution in [0.2, 0.25) is 0 Å². The molecule has 2 aromatic rings. The zero-order valence-corrected chi connectivity index (χ0v) is 14.1. The number of ether oxygens (including phenoxy) is 2. The third-order valence-electron chi connectivity index (χ3n) is 3.39. The lowest BCUT2D eigenvalue weighted by Gasteiger charge is -2.10. The maximum Gasteiger partial charge on any atom is 0.344 e. The number of hydrogen-bond donors (Lipinski definition) is 1. The van der Waals surface area contributed by atoms with E-state index in [1.807, 2.05) is 26.0 Å². The van der Waals surface area contributed by atoms with Crippen LogP contribution >= 0.6 is 0 Å². The van der Waals surface area contributed by atoms with E-state index in [-0.39, 0.29) is 13.2 Å². The third-order valence-corrected chi connectivity index (χ3v) is 3.39. The molecule has 0 spiro atoms. The number of esters is 1. The Balaban J connectivity index is 1.75. The highest BCUT2D eigenvalue weighted by molar-refractivity contribution is 5.93. The normalized spacial score (nSPS) is 10.0. The van der Waals surface area contributed by atoms with Crippen molar-refractivity contribution in [1.82, 2.24) is 0 Å². The summed E-state index contributed by atoms with van der Waals surface area (Å²) in [5, 5.41) is 2.69. The molecule has 0 fully saturated rings. The Morgan fingerprint density at radius 1 is 1.04 bits per heavy atom. The molecule has 130 valence electrons.